The molecule has 2 saturated heterocycles. The highest BCUT2D eigenvalue weighted by atomic mass is 19.4. The zero-order chi connectivity index (χ0) is 34.9. The van der Waals surface area contributed by atoms with Crippen LogP contribution in [0.1, 0.15) is 49.1 Å². The zero-order valence-electron chi connectivity index (χ0n) is 27.0. The lowest BCUT2D eigenvalue weighted by atomic mass is 9.76. The second kappa shape index (κ2) is 13.4. The largest absolute Gasteiger partial charge is 0.480 e. The molecule has 2 aliphatic rings. The van der Waals surface area contributed by atoms with Gasteiger partial charge in [-0.15, -0.1) is 0 Å². The van der Waals surface area contributed by atoms with Gasteiger partial charge in [-0.2, -0.15) is 28.2 Å². The van der Waals surface area contributed by atoms with Crippen LogP contribution in [0.15, 0.2) is 60.8 Å². The number of aliphatic carboxylic acids is 1. The number of halogens is 3. The molecule has 2 aliphatic heterocycles. The standard InChI is InChI=1S/C34H37F3N8O4/c1-20-9-12-45(43-20)27-15-24(23-5-3-22(4-6-23)18-39-21(2)46)7-8-25(27)30(34(35,36)37)49-29-16-28(41-32(38)42-29)44-13-10-33(11-14-44)17-26(31(47)48)40-19-33/h3-9,12,15-16,26,30,40H,10-11,13-14,17-19H2,1-2H3,(H,39,46)(H,47,48)(H2,38,41,42)/t26-,30?/m0/s1. The molecular formula is C34H37F3N8O4. The van der Waals surface area contributed by atoms with Crippen LogP contribution in [0.5, 0.6) is 5.88 Å². The van der Waals surface area contributed by atoms with E-state index in [1.54, 1.807) is 31.3 Å². The maximum atomic E-state index is 14.9. The first-order valence-electron chi connectivity index (χ1n) is 15.9. The van der Waals surface area contributed by atoms with E-state index in [0.29, 0.717) is 62.5 Å². The minimum absolute atomic E-state index is 0.153. The average Bonchev–Trinajstić information content (AvgIpc) is 3.69. The van der Waals surface area contributed by atoms with Gasteiger partial charge in [0.2, 0.25) is 23.8 Å². The van der Waals surface area contributed by atoms with Gasteiger partial charge in [0, 0.05) is 50.9 Å². The Morgan fingerprint density at radius 2 is 1.82 bits per heavy atom. The van der Waals surface area contributed by atoms with Gasteiger partial charge in [-0.05, 0) is 60.4 Å². The van der Waals surface area contributed by atoms with E-state index in [1.807, 2.05) is 29.2 Å². The van der Waals surface area contributed by atoms with Gasteiger partial charge in [0.05, 0.1) is 11.4 Å². The number of amides is 1. The first-order valence-corrected chi connectivity index (χ1v) is 15.9. The molecule has 1 unspecified atom stereocenters. The second-order valence-corrected chi connectivity index (χ2v) is 12.7. The lowest BCUT2D eigenvalue weighted by Crippen LogP contribution is -2.41. The number of anilines is 2. The number of hydrogen-bond acceptors (Lipinski definition) is 9. The summed E-state index contributed by atoms with van der Waals surface area (Å²) in [5, 5.41) is 19.6. The summed E-state index contributed by atoms with van der Waals surface area (Å²) in [4.78, 5) is 33.0. The van der Waals surface area contributed by atoms with Crippen molar-refractivity contribution in [3.05, 3.63) is 77.6 Å². The van der Waals surface area contributed by atoms with Gasteiger partial charge < -0.3 is 31.1 Å². The van der Waals surface area contributed by atoms with Crippen LogP contribution < -0.4 is 26.0 Å². The fourth-order valence-electron chi connectivity index (χ4n) is 6.50. The normalized spacial score (nSPS) is 18.0. The van der Waals surface area contributed by atoms with Crippen molar-refractivity contribution in [3.63, 3.8) is 0 Å². The quantitative estimate of drug-likeness (QED) is 0.198. The number of carboxylic acids is 1. The molecule has 0 bridgehead atoms. The maximum absolute atomic E-state index is 14.9. The van der Waals surface area contributed by atoms with Gasteiger partial charge in [0.25, 0.3) is 0 Å². The summed E-state index contributed by atoms with van der Waals surface area (Å²) < 4.78 is 51.7. The molecule has 258 valence electrons. The fourth-order valence-corrected chi connectivity index (χ4v) is 6.50. The fraction of sp³-hybridized carbons (Fsp3) is 0.382. The van der Waals surface area contributed by atoms with Crippen molar-refractivity contribution in [1.29, 1.82) is 0 Å². The van der Waals surface area contributed by atoms with E-state index >= 15 is 0 Å². The van der Waals surface area contributed by atoms with Gasteiger partial charge in [-0.1, -0.05) is 36.4 Å². The number of hydrogen-bond donors (Lipinski definition) is 4. The molecule has 4 aromatic rings. The third kappa shape index (κ3) is 7.61. The van der Waals surface area contributed by atoms with E-state index in [0.717, 1.165) is 11.1 Å². The van der Waals surface area contributed by atoms with Crippen molar-refractivity contribution in [2.75, 3.05) is 30.3 Å². The monoisotopic (exact) mass is 678 g/mol. The Hall–Kier alpha value is -5.18. The predicted molar refractivity (Wildman–Crippen MR) is 175 cm³/mol. The Morgan fingerprint density at radius 3 is 2.43 bits per heavy atom. The van der Waals surface area contributed by atoms with Crippen molar-refractivity contribution < 1.29 is 32.6 Å². The van der Waals surface area contributed by atoms with Crippen LogP contribution in [-0.4, -0.2) is 68.6 Å². The third-order valence-corrected chi connectivity index (χ3v) is 9.16. The topological polar surface area (TPSA) is 161 Å². The Labute approximate surface area is 280 Å². The minimum Gasteiger partial charge on any atom is -0.480 e. The molecule has 2 fully saturated rings. The van der Waals surface area contributed by atoms with Crippen LogP contribution in [0.2, 0.25) is 0 Å². The summed E-state index contributed by atoms with van der Waals surface area (Å²) in [5.41, 5.74) is 8.72. The number of nitrogen functional groups attached to an aromatic ring is 1. The molecule has 2 aromatic heterocycles. The number of carbonyl (C=O) groups excluding carboxylic acids is 1. The molecule has 0 saturated carbocycles. The van der Waals surface area contributed by atoms with E-state index in [1.165, 1.54) is 23.7 Å². The number of carboxylic acid groups (broad SMARTS) is 1. The van der Waals surface area contributed by atoms with Crippen LogP contribution in [0.4, 0.5) is 24.9 Å². The molecule has 4 heterocycles. The summed E-state index contributed by atoms with van der Waals surface area (Å²) in [5.74, 6) is -1.26. The Morgan fingerprint density at radius 1 is 1.10 bits per heavy atom. The number of alkyl halides is 3. The van der Waals surface area contributed by atoms with Gasteiger partial charge in [-0.3, -0.25) is 9.59 Å². The number of piperidine rings is 1. The Balaban J connectivity index is 1.28. The van der Waals surface area contributed by atoms with Crippen molar-refractivity contribution in [1.82, 2.24) is 30.4 Å². The predicted octanol–water partition coefficient (Wildman–Crippen LogP) is 4.57. The number of aromatic nitrogens is 4. The number of aryl methyl sites for hydroxylation is 1. The van der Waals surface area contributed by atoms with Gasteiger partial charge >= 0.3 is 12.1 Å². The first-order chi connectivity index (χ1) is 23.3. The number of rotatable bonds is 9. The summed E-state index contributed by atoms with van der Waals surface area (Å²) >= 11 is 0. The third-order valence-electron chi connectivity index (χ3n) is 9.16. The molecule has 49 heavy (non-hydrogen) atoms. The van der Waals surface area contributed by atoms with E-state index in [2.05, 4.69) is 25.7 Å². The molecule has 0 aliphatic carbocycles. The zero-order valence-corrected chi connectivity index (χ0v) is 27.0. The van der Waals surface area contributed by atoms with Gasteiger partial charge in [0.1, 0.15) is 11.9 Å². The van der Waals surface area contributed by atoms with Gasteiger partial charge in [0.15, 0.2) is 0 Å². The van der Waals surface area contributed by atoms with E-state index in [-0.39, 0.29) is 34.4 Å². The molecule has 15 heteroatoms. The highest BCUT2D eigenvalue weighted by Gasteiger charge is 2.46. The minimum atomic E-state index is -4.85. The smallest absolute Gasteiger partial charge is 0.429 e. The Bertz CT molecular complexity index is 1840. The first kappa shape index (κ1) is 33.7. The van der Waals surface area contributed by atoms with Crippen molar-refractivity contribution in [3.8, 4) is 22.7 Å². The molecule has 12 nitrogen and oxygen atoms in total. The van der Waals surface area contributed by atoms with Crippen LogP contribution in [0.3, 0.4) is 0 Å². The van der Waals surface area contributed by atoms with Crippen LogP contribution in [0.25, 0.3) is 16.8 Å². The summed E-state index contributed by atoms with van der Waals surface area (Å²) in [6.45, 7) is 5.16. The number of nitrogens with zero attached hydrogens (tertiary/aromatic N) is 5. The average molecular weight is 679 g/mol. The van der Waals surface area contributed by atoms with Crippen LogP contribution in [-0.2, 0) is 16.1 Å². The molecule has 2 atom stereocenters. The number of nitrogens with one attached hydrogen (secondary N) is 2. The van der Waals surface area contributed by atoms with Crippen molar-refractivity contribution in [2.45, 2.75) is 58.0 Å². The van der Waals surface area contributed by atoms with Crippen molar-refractivity contribution in [2.24, 2.45) is 5.41 Å². The van der Waals surface area contributed by atoms with Gasteiger partial charge in [-0.25, -0.2) is 4.68 Å². The lowest BCUT2D eigenvalue weighted by molar-refractivity contribution is -0.198. The SMILES string of the molecule is CC(=O)NCc1ccc(-c2ccc(C(Oc3cc(N4CCC5(CC4)CN[C@H](C(=O)O)C5)nc(N)n3)C(F)(F)F)c(-n3ccc(C)n3)c2)cc1. The molecule has 2 aromatic carbocycles. The van der Waals surface area contributed by atoms with Crippen LogP contribution in [0, 0.1) is 12.3 Å². The highest BCUT2D eigenvalue weighted by molar-refractivity contribution is 5.74. The summed E-state index contributed by atoms with van der Waals surface area (Å²) in [7, 11) is 0. The summed E-state index contributed by atoms with van der Waals surface area (Å²) in [6, 6.07) is 14.4. The summed E-state index contributed by atoms with van der Waals surface area (Å²) in [6.07, 6.45) is -3.80. The maximum Gasteiger partial charge on any atom is 0.429 e. The molecule has 0 radical (unpaired) electrons. The number of ether oxygens (including phenoxy) is 1. The Kier molecular flexibility index (Phi) is 9.20. The molecule has 1 amide bonds. The van der Waals surface area contributed by atoms with E-state index < -0.39 is 24.3 Å². The lowest BCUT2D eigenvalue weighted by Gasteiger charge is -2.39. The van der Waals surface area contributed by atoms with Crippen molar-refractivity contribution >= 4 is 23.6 Å². The number of carbonyl (C=O) groups is 2. The van der Waals surface area contributed by atoms with Crippen LogP contribution >= 0.6 is 0 Å². The molecule has 5 N–H and O–H groups in total. The second-order valence-electron chi connectivity index (χ2n) is 12.7. The number of benzene rings is 2. The van der Waals surface area contributed by atoms with E-state index in [9.17, 15) is 27.9 Å². The molecule has 1 spiro atoms. The van der Waals surface area contributed by atoms with E-state index in [4.69, 9.17) is 10.5 Å². The highest BCUT2D eigenvalue weighted by Crippen LogP contribution is 2.43. The molecule has 6 rings (SSSR count). The molecular weight excluding hydrogens is 641 g/mol. The number of nitrogens with two attached hydrogens (primary N) is 1.